The van der Waals surface area contributed by atoms with Crippen LogP contribution in [-0.4, -0.2) is 4.98 Å². The third-order valence-electron chi connectivity index (χ3n) is 8.19. The molecular formula is C35H31N. The van der Waals surface area contributed by atoms with Gasteiger partial charge < -0.3 is 0 Å². The van der Waals surface area contributed by atoms with Crippen LogP contribution in [0.1, 0.15) is 33.4 Å². The number of fused-ring (bicyclic) bond motifs is 4. The molecule has 0 atom stereocenters. The molecule has 0 saturated carbocycles. The third-order valence-corrected chi connectivity index (χ3v) is 8.19. The van der Waals surface area contributed by atoms with E-state index in [0.29, 0.717) is 0 Å². The first-order valence-electron chi connectivity index (χ1n) is 12.7. The van der Waals surface area contributed by atoms with Gasteiger partial charge in [0, 0.05) is 22.4 Å². The van der Waals surface area contributed by atoms with Gasteiger partial charge in [0.05, 0.1) is 5.52 Å². The molecule has 6 rings (SSSR count). The standard InChI is InChI=1S/C35H31N/c1-20-15-26(16-21(2)24(20)5)33-28-11-7-8-12-29(28)34(27-17-22(3)25(6)23(4)18-27)35-30-13-9-10-14-32(30)36-19-31(33)35/h7-19H,1-6H3. The molecule has 36 heavy (non-hydrogen) atoms. The van der Waals surface area contributed by atoms with Gasteiger partial charge in [-0.3, -0.25) is 4.98 Å². The molecule has 0 aliphatic heterocycles. The molecule has 0 saturated heterocycles. The molecule has 0 fully saturated rings. The van der Waals surface area contributed by atoms with E-state index in [1.165, 1.54) is 82.6 Å². The fourth-order valence-electron chi connectivity index (χ4n) is 5.77. The fourth-order valence-corrected chi connectivity index (χ4v) is 5.77. The zero-order valence-electron chi connectivity index (χ0n) is 22.0. The van der Waals surface area contributed by atoms with Crippen LogP contribution in [0.15, 0.2) is 79.0 Å². The molecule has 0 radical (unpaired) electrons. The lowest BCUT2D eigenvalue weighted by Gasteiger charge is -2.21. The summed E-state index contributed by atoms with van der Waals surface area (Å²) in [4.78, 5) is 4.95. The zero-order valence-corrected chi connectivity index (χ0v) is 22.0. The van der Waals surface area contributed by atoms with E-state index in [1.807, 2.05) is 0 Å². The number of hydrogen-bond acceptors (Lipinski definition) is 1. The molecule has 6 aromatic rings. The molecule has 5 aromatic carbocycles. The molecule has 176 valence electrons. The Morgan fingerprint density at radius 3 is 1.47 bits per heavy atom. The maximum absolute atomic E-state index is 4.95. The third kappa shape index (κ3) is 3.34. The molecule has 1 heteroatoms. The van der Waals surface area contributed by atoms with E-state index in [-0.39, 0.29) is 0 Å². The van der Waals surface area contributed by atoms with Gasteiger partial charge in [0.2, 0.25) is 0 Å². The highest BCUT2D eigenvalue weighted by molar-refractivity contribution is 6.27. The van der Waals surface area contributed by atoms with Crippen molar-refractivity contribution in [3.63, 3.8) is 0 Å². The molecule has 0 N–H and O–H groups in total. The number of aromatic nitrogens is 1. The summed E-state index contributed by atoms with van der Waals surface area (Å²) in [5, 5.41) is 6.26. The number of benzene rings is 5. The average Bonchev–Trinajstić information content (AvgIpc) is 2.88. The van der Waals surface area contributed by atoms with E-state index in [4.69, 9.17) is 4.98 Å². The number of para-hydroxylation sites is 1. The van der Waals surface area contributed by atoms with Crippen molar-refractivity contribution in [3.8, 4) is 22.3 Å². The van der Waals surface area contributed by atoms with E-state index in [1.54, 1.807) is 0 Å². The first-order valence-corrected chi connectivity index (χ1v) is 12.7. The number of rotatable bonds is 2. The first-order chi connectivity index (χ1) is 17.3. The Labute approximate surface area is 213 Å². The number of hydrogen-bond donors (Lipinski definition) is 0. The van der Waals surface area contributed by atoms with Crippen molar-refractivity contribution < 1.29 is 0 Å². The van der Waals surface area contributed by atoms with Crippen molar-refractivity contribution in [1.82, 2.24) is 4.98 Å². The largest absolute Gasteiger partial charge is 0.256 e. The minimum atomic E-state index is 1.03. The Bertz CT molecular complexity index is 1790. The monoisotopic (exact) mass is 465 g/mol. The fraction of sp³-hybridized carbons (Fsp3) is 0.171. The number of aryl methyl sites for hydroxylation is 4. The van der Waals surface area contributed by atoms with Gasteiger partial charge in [0.15, 0.2) is 0 Å². The molecule has 1 aromatic heterocycles. The average molecular weight is 466 g/mol. The maximum Gasteiger partial charge on any atom is 0.0708 e. The molecule has 0 amide bonds. The van der Waals surface area contributed by atoms with Crippen LogP contribution < -0.4 is 0 Å². The Kier molecular flexibility index (Phi) is 5.19. The summed E-state index contributed by atoms with van der Waals surface area (Å²) in [5.41, 5.74) is 14.2. The second-order valence-corrected chi connectivity index (χ2v) is 10.3. The van der Waals surface area contributed by atoms with Gasteiger partial charge >= 0.3 is 0 Å². The maximum atomic E-state index is 4.95. The predicted molar refractivity (Wildman–Crippen MR) is 156 cm³/mol. The molecule has 1 nitrogen and oxygen atoms in total. The summed E-state index contributed by atoms with van der Waals surface area (Å²) in [6.07, 6.45) is 2.10. The SMILES string of the molecule is Cc1cc(-c2c3ccccc3c(-c3cc(C)c(C)c(C)c3)c3c2cnc2ccccc23)cc(C)c1C. The molecule has 0 unspecified atom stereocenters. The predicted octanol–water partition coefficient (Wildman–Crippen LogP) is 9.73. The first kappa shape index (κ1) is 22.5. The molecule has 0 bridgehead atoms. The summed E-state index contributed by atoms with van der Waals surface area (Å²) in [6, 6.07) is 26.9. The Morgan fingerprint density at radius 2 is 0.917 bits per heavy atom. The Balaban J connectivity index is 1.89. The zero-order chi connectivity index (χ0) is 25.1. The van der Waals surface area contributed by atoms with Gasteiger partial charge in [-0.15, -0.1) is 0 Å². The minimum absolute atomic E-state index is 1.03. The van der Waals surface area contributed by atoms with Gasteiger partial charge in [-0.05, 0) is 114 Å². The van der Waals surface area contributed by atoms with Crippen molar-refractivity contribution in [3.05, 3.63) is 112 Å². The van der Waals surface area contributed by atoms with E-state index < -0.39 is 0 Å². The lowest BCUT2D eigenvalue weighted by molar-refractivity contribution is 1.27. The van der Waals surface area contributed by atoms with Crippen molar-refractivity contribution in [2.75, 3.05) is 0 Å². The number of nitrogens with zero attached hydrogens (tertiary/aromatic N) is 1. The van der Waals surface area contributed by atoms with Crippen molar-refractivity contribution in [2.24, 2.45) is 0 Å². The van der Waals surface area contributed by atoms with Crippen LogP contribution in [0, 0.1) is 41.5 Å². The summed E-state index contributed by atoms with van der Waals surface area (Å²) in [5.74, 6) is 0. The van der Waals surface area contributed by atoms with Crippen LogP contribution in [0.4, 0.5) is 0 Å². The van der Waals surface area contributed by atoms with Gasteiger partial charge in [-0.25, -0.2) is 0 Å². The van der Waals surface area contributed by atoms with Crippen molar-refractivity contribution in [2.45, 2.75) is 41.5 Å². The van der Waals surface area contributed by atoms with E-state index >= 15 is 0 Å². The second kappa shape index (κ2) is 8.31. The van der Waals surface area contributed by atoms with Crippen LogP contribution in [0.3, 0.4) is 0 Å². The topological polar surface area (TPSA) is 12.9 Å². The normalized spacial score (nSPS) is 11.6. The van der Waals surface area contributed by atoms with Crippen LogP contribution in [-0.2, 0) is 0 Å². The van der Waals surface area contributed by atoms with Gasteiger partial charge in [-0.1, -0.05) is 66.7 Å². The highest BCUT2D eigenvalue weighted by atomic mass is 14.6. The molecule has 0 aliphatic rings. The Morgan fingerprint density at radius 1 is 0.472 bits per heavy atom. The number of pyridine rings is 1. The van der Waals surface area contributed by atoms with Gasteiger partial charge in [0.25, 0.3) is 0 Å². The molecule has 0 aliphatic carbocycles. The summed E-state index contributed by atoms with van der Waals surface area (Å²) < 4.78 is 0. The van der Waals surface area contributed by atoms with Crippen LogP contribution >= 0.6 is 0 Å². The van der Waals surface area contributed by atoms with Gasteiger partial charge in [0.1, 0.15) is 0 Å². The van der Waals surface area contributed by atoms with Crippen LogP contribution in [0.25, 0.3) is 54.7 Å². The smallest absolute Gasteiger partial charge is 0.0708 e. The van der Waals surface area contributed by atoms with Crippen molar-refractivity contribution in [1.29, 1.82) is 0 Å². The van der Waals surface area contributed by atoms with Gasteiger partial charge in [-0.2, -0.15) is 0 Å². The summed E-state index contributed by atoms with van der Waals surface area (Å²) >= 11 is 0. The van der Waals surface area contributed by atoms with Crippen LogP contribution in [0.2, 0.25) is 0 Å². The van der Waals surface area contributed by atoms with E-state index in [0.717, 1.165) is 5.52 Å². The molecular weight excluding hydrogens is 434 g/mol. The molecule has 1 heterocycles. The summed E-state index contributed by atoms with van der Waals surface area (Å²) in [6.45, 7) is 13.3. The van der Waals surface area contributed by atoms with E-state index in [9.17, 15) is 0 Å². The lowest BCUT2D eigenvalue weighted by Crippen LogP contribution is -1.96. The minimum Gasteiger partial charge on any atom is -0.256 e. The lowest BCUT2D eigenvalue weighted by atomic mass is 9.83. The summed E-state index contributed by atoms with van der Waals surface area (Å²) in [7, 11) is 0. The van der Waals surface area contributed by atoms with Crippen LogP contribution in [0.5, 0.6) is 0 Å². The molecule has 0 spiro atoms. The quantitative estimate of drug-likeness (QED) is 0.183. The Hall–Kier alpha value is -3.97. The second-order valence-electron chi connectivity index (χ2n) is 10.3. The highest BCUT2D eigenvalue weighted by Gasteiger charge is 2.20. The van der Waals surface area contributed by atoms with Crippen molar-refractivity contribution >= 4 is 32.4 Å². The highest BCUT2D eigenvalue weighted by Crippen LogP contribution is 2.46. The van der Waals surface area contributed by atoms with E-state index in [2.05, 4.69) is 121 Å².